The molecule has 158 valence electrons. The highest BCUT2D eigenvalue weighted by Gasteiger charge is 2.34. The Hall–Kier alpha value is -3.40. The fourth-order valence-corrected chi connectivity index (χ4v) is 3.56. The summed E-state index contributed by atoms with van der Waals surface area (Å²) in [5.41, 5.74) is 0.970. The Balaban J connectivity index is 1.91. The van der Waals surface area contributed by atoms with E-state index in [1.165, 1.54) is 17.5 Å². The first kappa shape index (κ1) is 21.3. The summed E-state index contributed by atoms with van der Waals surface area (Å²) in [7, 11) is 1.54. The molecule has 2 aromatic rings. The topological polar surface area (TPSA) is 116 Å². The van der Waals surface area contributed by atoms with E-state index in [4.69, 9.17) is 14.2 Å². The molecule has 3 rings (SSSR count). The Labute approximate surface area is 177 Å². The molecule has 30 heavy (non-hydrogen) atoms. The maximum atomic E-state index is 12.7. The number of carbonyl (C=O) groups excluding carboxylic acids is 3. The number of urea groups is 1. The van der Waals surface area contributed by atoms with Crippen molar-refractivity contribution in [2.75, 3.05) is 20.3 Å². The van der Waals surface area contributed by atoms with Crippen LogP contribution in [0.1, 0.15) is 33.2 Å². The molecule has 0 saturated heterocycles. The van der Waals surface area contributed by atoms with E-state index in [1.54, 1.807) is 45.2 Å². The van der Waals surface area contributed by atoms with E-state index in [2.05, 4.69) is 15.6 Å². The molecular formula is C20H21N3O6S. The van der Waals surface area contributed by atoms with Crippen molar-refractivity contribution in [2.24, 2.45) is 0 Å². The van der Waals surface area contributed by atoms with Gasteiger partial charge in [0, 0.05) is 0 Å². The van der Waals surface area contributed by atoms with Crippen LogP contribution >= 0.6 is 11.3 Å². The summed E-state index contributed by atoms with van der Waals surface area (Å²) in [5.74, 6) is -0.578. The van der Waals surface area contributed by atoms with Gasteiger partial charge in [-0.3, -0.25) is 0 Å². The van der Waals surface area contributed by atoms with Gasteiger partial charge in [0.15, 0.2) is 0 Å². The lowest BCUT2D eigenvalue weighted by atomic mass is 9.95. The number of aromatic nitrogens is 1. The zero-order valence-electron chi connectivity index (χ0n) is 16.7. The Morgan fingerprint density at radius 3 is 2.50 bits per heavy atom. The predicted molar refractivity (Wildman–Crippen MR) is 108 cm³/mol. The Morgan fingerprint density at radius 1 is 1.17 bits per heavy atom. The van der Waals surface area contributed by atoms with Gasteiger partial charge in [0.25, 0.3) is 0 Å². The van der Waals surface area contributed by atoms with E-state index in [1.807, 2.05) is 0 Å². The second-order valence-corrected chi connectivity index (χ2v) is 7.47. The monoisotopic (exact) mass is 431 g/mol. The number of nitrogens with one attached hydrogen (secondary N) is 2. The quantitative estimate of drug-likeness (QED) is 0.647. The number of benzene rings is 1. The third kappa shape index (κ3) is 4.77. The van der Waals surface area contributed by atoms with Gasteiger partial charge in [-0.1, -0.05) is 12.1 Å². The largest absolute Gasteiger partial charge is 0.497 e. The minimum atomic E-state index is -0.775. The first-order valence-corrected chi connectivity index (χ1v) is 9.95. The van der Waals surface area contributed by atoms with Gasteiger partial charge in [-0.2, -0.15) is 0 Å². The van der Waals surface area contributed by atoms with Crippen LogP contribution in [0.2, 0.25) is 0 Å². The number of hydrogen-bond acceptors (Lipinski definition) is 8. The summed E-state index contributed by atoms with van der Waals surface area (Å²) in [6.07, 6.45) is 1.42. The van der Waals surface area contributed by atoms with Crippen molar-refractivity contribution in [1.29, 1.82) is 0 Å². The molecule has 0 spiro atoms. The number of hydrogen-bond donors (Lipinski definition) is 2. The fraction of sp³-hybridized carbons (Fsp3) is 0.300. The number of nitrogens with zero attached hydrogens (tertiary/aromatic N) is 1. The SMILES string of the molecule is CCOC(=O)C1=C(COC(=O)c2cnc(C)s2)NC(=O)NC1c1ccc(OC)cc1. The lowest BCUT2D eigenvalue weighted by molar-refractivity contribution is -0.139. The van der Waals surface area contributed by atoms with Crippen LogP contribution < -0.4 is 15.4 Å². The van der Waals surface area contributed by atoms with Crippen molar-refractivity contribution in [3.63, 3.8) is 0 Å². The van der Waals surface area contributed by atoms with Crippen LogP contribution in [0.15, 0.2) is 41.7 Å². The Morgan fingerprint density at radius 2 is 1.90 bits per heavy atom. The Bertz CT molecular complexity index is 983. The van der Waals surface area contributed by atoms with E-state index in [-0.39, 0.29) is 24.5 Å². The first-order chi connectivity index (χ1) is 14.4. The average molecular weight is 431 g/mol. The van der Waals surface area contributed by atoms with Gasteiger partial charge in [0.1, 0.15) is 17.2 Å². The summed E-state index contributed by atoms with van der Waals surface area (Å²) in [4.78, 5) is 41.6. The maximum absolute atomic E-state index is 12.7. The summed E-state index contributed by atoms with van der Waals surface area (Å²) < 4.78 is 15.6. The van der Waals surface area contributed by atoms with Crippen molar-refractivity contribution in [2.45, 2.75) is 19.9 Å². The Kier molecular flexibility index (Phi) is 6.68. The van der Waals surface area contributed by atoms with Crippen LogP contribution in [0.5, 0.6) is 5.75 Å². The first-order valence-electron chi connectivity index (χ1n) is 9.14. The van der Waals surface area contributed by atoms with E-state index in [9.17, 15) is 14.4 Å². The van der Waals surface area contributed by atoms with Crippen molar-refractivity contribution in [3.05, 3.63) is 57.2 Å². The van der Waals surface area contributed by atoms with Gasteiger partial charge in [-0.15, -0.1) is 11.3 Å². The molecule has 2 N–H and O–H groups in total. The molecule has 1 aliphatic heterocycles. The molecule has 2 heterocycles. The number of rotatable bonds is 7. The van der Waals surface area contributed by atoms with Gasteiger partial charge < -0.3 is 24.8 Å². The normalized spacial score (nSPS) is 15.8. The van der Waals surface area contributed by atoms with Gasteiger partial charge >= 0.3 is 18.0 Å². The van der Waals surface area contributed by atoms with Gasteiger partial charge in [-0.25, -0.2) is 19.4 Å². The number of ether oxygens (including phenoxy) is 3. The van der Waals surface area contributed by atoms with Crippen LogP contribution in [0.3, 0.4) is 0 Å². The summed E-state index contributed by atoms with van der Waals surface area (Å²) >= 11 is 1.19. The number of aryl methyl sites for hydroxylation is 1. The van der Waals surface area contributed by atoms with Gasteiger partial charge in [0.05, 0.1) is 42.2 Å². The van der Waals surface area contributed by atoms with E-state index < -0.39 is 24.0 Å². The van der Waals surface area contributed by atoms with Crippen molar-refractivity contribution < 1.29 is 28.6 Å². The van der Waals surface area contributed by atoms with Crippen molar-refractivity contribution in [1.82, 2.24) is 15.6 Å². The van der Waals surface area contributed by atoms with Gasteiger partial charge in [0.2, 0.25) is 0 Å². The molecule has 9 nitrogen and oxygen atoms in total. The molecule has 10 heteroatoms. The predicted octanol–water partition coefficient (Wildman–Crippen LogP) is 2.49. The number of carbonyl (C=O) groups is 3. The highest BCUT2D eigenvalue weighted by molar-refractivity contribution is 7.13. The second-order valence-electron chi connectivity index (χ2n) is 6.24. The average Bonchev–Trinajstić information content (AvgIpc) is 3.18. The molecule has 0 fully saturated rings. The molecule has 0 bridgehead atoms. The lowest BCUT2D eigenvalue weighted by Crippen LogP contribution is -2.47. The second kappa shape index (κ2) is 9.40. The molecule has 1 unspecified atom stereocenters. The standard InChI is InChI=1S/C20H21N3O6S/c1-4-28-19(25)16-14(10-29-18(24)15-9-21-11(2)30-15)22-20(26)23-17(16)12-5-7-13(27-3)8-6-12/h5-9,17H,4,10H2,1-3H3,(H2,22,23,26). The highest BCUT2D eigenvalue weighted by Crippen LogP contribution is 2.29. The van der Waals surface area contributed by atoms with Crippen LogP contribution in [-0.2, 0) is 14.3 Å². The van der Waals surface area contributed by atoms with E-state index in [0.717, 1.165) is 5.01 Å². The summed E-state index contributed by atoms with van der Waals surface area (Å²) in [6, 6.07) is 5.61. The van der Waals surface area contributed by atoms with Crippen molar-refractivity contribution >= 4 is 29.3 Å². The minimum Gasteiger partial charge on any atom is -0.497 e. The molecule has 1 aromatic heterocycles. The summed E-state index contributed by atoms with van der Waals surface area (Å²) in [5, 5.41) is 5.99. The molecular weight excluding hydrogens is 410 g/mol. The smallest absolute Gasteiger partial charge is 0.350 e. The number of amides is 2. The zero-order chi connectivity index (χ0) is 21.7. The maximum Gasteiger partial charge on any atom is 0.350 e. The number of esters is 2. The minimum absolute atomic E-state index is 0.152. The lowest BCUT2D eigenvalue weighted by Gasteiger charge is -2.29. The molecule has 0 radical (unpaired) electrons. The van der Waals surface area contributed by atoms with Crippen LogP contribution in [0.25, 0.3) is 0 Å². The number of thiazole rings is 1. The van der Waals surface area contributed by atoms with Crippen LogP contribution in [0.4, 0.5) is 4.79 Å². The molecule has 2 amide bonds. The van der Waals surface area contributed by atoms with Crippen LogP contribution in [-0.4, -0.2) is 43.3 Å². The third-order valence-electron chi connectivity index (χ3n) is 4.27. The number of methoxy groups -OCH3 is 1. The van der Waals surface area contributed by atoms with Crippen LogP contribution in [0, 0.1) is 6.92 Å². The van der Waals surface area contributed by atoms with Crippen molar-refractivity contribution in [3.8, 4) is 5.75 Å². The summed E-state index contributed by atoms with van der Waals surface area (Å²) in [6.45, 7) is 3.31. The molecule has 1 aliphatic rings. The molecule has 0 saturated carbocycles. The highest BCUT2D eigenvalue weighted by atomic mass is 32.1. The zero-order valence-corrected chi connectivity index (χ0v) is 17.5. The van der Waals surface area contributed by atoms with E-state index in [0.29, 0.717) is 16.2 Å². The van der Waals surface area contributed by atoms with Gasteiger partial charge in [-0.05, 0) is 31.5 Å². The fourth-order valence-electron chi connectivity index (χ4n) is 2.89. The third-order valence-corrected chi connectivity index (χ3v) is 5.16. The molecule has 1 aromatic carbocycles. The molecule has 1 atom stereocenters. The molecule has 0 aliphatic carbocycles. The van der Waals surface area contributed by atoms with E-state index >= 15 is 0 Å².